The van der Waals surface area contributed by atoms with Crippen LogP contribution in [0.1, 0.15) is 13.3 Å². The summed E-state index contributed by atoms with van der Waals surface area (Å²) in [7, 11) is -4.45. The Morgan fingerprint density at radius 3 is 2.50 bits per heavy atom. The molecule has 0 aromatic heterocycles. The second kappa shape index (κ2) is 4.22. The standard InChI is InChI=1S/C6H11NO4S/c1-3-5(8)7-6(4-2)12(9,10)11/h3,6H,1,4H2,2H3,(H,7,8)(H,9,10,11)/p-1. The van der Waals surface area contributed by atoms with E-state index in [0.29, 0.717) is 0 Å². The monoisotopic (exact) mass is 192 g/mol. The van der Waals surface area contributed by atoms with Gasteiger partial charge in [0.05, 0.1) is 0 Å². The Bertz CT molecular complexity index is 269. The topological polar surface area (TPSA) is 86.3 Å². The van der Waals surface area contributed by atoms with Crippen LogP contribution in [0.15, 0.2) is 12.7 Å². The van der Waals surface area contributed by atoms with Gasteiger partial charge >= 0.3 is 0 Å². The highest BCUT2D eigenvalue weighted by Crippen LogP contribution is 1.98. The van der Waals surface area contributed by atoms with Crippen LogP contribution in [0.3, 0.4) is 0 Å². The molecule has 70 valence electrons. The third-order valence-electron chi connectivity index (χ3n) is 1.21. The van der Waals surface area contributed by atoms with Crippen LogP contribution in [0.2, 0.25) is 0 Å². The second-order valence-electron chi connectivity index (χ2n) is 2.10. The van der Waals surface area contributed by atoms with Crippen molar-refractivity contribution < 1.29 is 17.8 Å². The molecule has 0 heterocycles. The van der Waals surface area contributed by atoms with Crippen LogP contribution in [0.25, 0.3) is 0 Å². The lowest BCUT2D eigenvalue weighted by Gasteiger charge is -2.19. The predicted octanol–water partition coefficient (Wildman–Crippen LogP) is -0.430. The van der Waals surface area contributed by atoms with Gasteiger partial charge in [0.25, 0.3) is 0 Å². The van der Waals surface area contributed by atoms with Crippen molar-refractivity contribution in [1.82, 2.24) is 5.32 Å². The third-order valence-corrected chi connectivity index (χ3v) is 2.36. The van der Waals surface area contributed by atoms with Crippen LogP contribution < -0.4 is 5.32 Å². The van der Waals surface area contributed by atoms with E-state index in [1.54, 1.807) is 0 Å². The second-order valence-corrected chi connectivity index (χ2v) is 3.66. The average Bonchev–Trinajstić information content (AvgIpc) is 1.97. The van der Waals surface area contributed by atoms with Gasteiger partial charge in [-0.05, 0) is 12.5 Å². The maximum Gasteiger partial charge on any atom is 0.244 e. The first-order valence-corrected chi connectivity index (χ1v) is 4.76. The van der Waals surface area contributed by atoms with Crippen molar-refractivity contribution in [3.63, 3.8) is 0 Å². The Morgan fingerprint density at radius 1 is 1.75 bits per heavy atom. The van der Waals surface area contributed by atoms with Gasteiger partial charge in [0, 0.05) is 0 Å². The average molecular weight is 192 g/mol. The molecular formula is C6H10NO4S-. The zero-order valence-electron chi connectivity index (χ0n) is 6.61. The van der Waals surface area contributed by atoms with E-state index < -0.39 is 21.4 Å². The number of hydrogen-bond acceptors (Lipinski definition) is 4. The molecular weight excluding hydrogens is 182 g/mol. The molecule has 0 saturated heterocycles. The quantitative estimate of drug-likeness (QED) is 0.483. The van der Waals surface area contributed by atoms with Crippen LogP contribution in [0.5, 0.6) is 0 Å². The molecule has 0 aliphatic rings. The molecule has 0 spiro atoms. The van der Waals surface area contributed by atoms with Crippen LogP contribution in [0.4, 0.5) is 0 Å². The van der Waals surface area contributed by atoms with Gasteiger partial charge in [0.1, 0.15) is 15.5 Å². The van der Waals surface area contributed by atoms with Crippen molar-refractivity contribution >= 4 is 16.0 Å². The molecule has 1 atom stereocenters. The minimum absolute atomic E-state index is 0.0470. The van der Waals surface area contributed by atoms with Crippen LogP contribution in [0, 0.1) is 0 Å². The summed E-state index contributed by atoms with van der Waals surface area (Å²) in [6, 6.07) is 0. The molecule has 0 fully saturated rings. The first-order valence-electron chi connectivity index (χ1n) is 3.29. The van der Waals surface area contributed by atoms with Crippen molar-refractivity contribution in [2.45, 2.75) is 18.7 Å². The molecule has 0 aromatic rings. The van der Waals surface area contributed by atoms with E-state index in [-0.39, 0.29) is 6.42 Å². The molecule has 0 rings (SSSR count). The van der Waals surface area contributed by atoms with E-state index in [1.165, 1.54) is 6.92 Å². The molecule has 0 radical (unpaired) electrons. The lowest BCUT2D eigenvalue weighted by molar-refractivity contribution is -0.116. The summed E-state index contributed by atoms with van der Waals surface area (Å²) in [6.45, 7) is 4.61. The van der Waals surface area contributed by atoms with Gasteiger partial charge in [0.2, 0.25) is 5.91 Å². The number of nitrogens with one attached hydrogen (secondary N) is 1. The van der Waals surface area contributed by atoms with Crippen molar-refractivity contribution in [3.05, 3.63) is 12.7 Å². The zero-order chi connectivity index (χ0) is 9.78. The summed E-state index contributed by atoms with van der Waals surface area (Å²) in [5.41, 5.74) is 0. The van der Waals surface area contributed by atoms with Gasteiger partial charge in [0.15, 0.2) is 0 Å². The van der Waals surface area contributed by atoms with E-state index in [9.17, 15) is 17.8 Å². The predicted molar refractivity (Wildman–Crippen MR) is 42.1 cm³/mol. The highest BCUT2D eigenvalue weighted by Gasteiger charge is 2.14. The summed E-state index contributed by atoms with van der Waals surface area (Å²) in [6.07, 6.45) is 0.958. The smallest absolute Gasteiger partial charge is 0.244 e. The van der Waals surface area contributed by atoms with Crippen molar-refractivity contribution in [2.75, 3.05) is 0 Å². The van der Waals surface area contributed by atoms with E-state index in [2.05, 4.69) is 6.58 Å². The Labute approximate surface area is 71.2 Å². The first kappa shape index (κ1) is 11.1. The Morgan fingerprint density at radius 2 is 2.25 bits per heavy atom. The van der Waals surface area contributed by atoms with E-state index in [1.807, 2.05) is 5.32 Å². The molecule has 5 nitrogen and oxygen atoms in total. The van der Waals surface area contributed by atoms with Gasteiger partial charge < -0.3 is 9.87 Å². The fourth-order valence-corrected chi connectivity index (χ4v) is 1.26. The molecule has 0 saturated carbocycles. The summed E-state index contributed by atoms with van der Waals surface area (Å²) in [4.78, 5) is 10.6. The minimum atomic E-state index is -4.45. The summed E-state index contributed by atoms with van der Waals surface area (Å²) < 4.78 is 31.2. The molecule has 0 aliphatic heterocycles. The molecule has 0 aliphatic carbocycles. The maximum absolute atomic E-state index is 10.6. The highest BCUT2D eigenvalue weighted by atomic mass is 32.2. The van der Waals surface area contributed by atoms with Gasteiger partial charge in [-0.15, -0.1) is 0 Å². The highest BCUT2D eigenvalue weighted by molar-refractivity contribution is 7.86. The Kier molecular flexibility index (Phi) is 3.91. The van der Waals surface area contributed by atoms with E-state index in [0.717, 1.165) is 6.08 Å². The van der Waals surface area contributed by atoms with Gasteiger partial charge in [-0.2, -0.15) is 0 Å². The van der Waals surface area contributed by atoms with Crippen LogP contribution in [-0.4, -0.2) is 24.3 Å². The van der Waals surface area contributed by atoms with Crippen molar-refractivity contribution in [2.24, 2.45) is 0 Å². The van der Waals surface area contributed by atoms with E-state index >= 15 is 0 Å². The lowest BCUT2D eigenvalue weighted by atomic mass is 10.4. The summed E-state index contributed by atoms with van der Waals surface area (Å²) in [5, 5.41) is 0.641. The largest absolute Gasteiger partial charge is 0.746 e. The zero-order valence-corrected chi connectivity index (χ0v) is 7.43. The summed E-state index contributed by atoms with van der Waals surface area (Å²) >= 11 is 0. The third kappa shape index (κ3) is 3.49. The molecule has 0 bridgehead atoms. The Balaban J connectivity index is 4.40. The number of amides is 1. The van der Waals surface area contributed by atoms with Crippen LogP contribution >= 0.6 is 0 Å². The molecule has 1 N–H and O–H groups in total. The molecule has 12 heavy (non-hydrogen) atoms. The van der Waals surface area contributed by atoms with Gasteiger partial charge in [-0.1, -0.05) is 13.5 Å². The number of hydrogen-bond donors (Lipinski definition) is 1. The normalized spacial score (nSPS) is 13.5. The molecule has 6 heteroatoms. The fraction of sp³-hybridized carbons (Fsp3) is 0.500. The van der Waals surface area contributed by atoms with Crippen molar-refractivity contribution in [1.29, 1.82) is 0 Å². The van der Waals surface area contributed by atoms with Crippen LogP contribution in [-0.2, 0) is 14.9 Å². The van der Waals surface area contributed by atoms with E-state index in [4.69, 9.17) is 0 Å². The van der Waals surface area contributed by atoms with Crippen molar-refractivity contribution in [3.8, 4) is 0 Å². The molecule has 1 amide bonds. The fourth-order valence-electron chi connectivity index (χ4n) is 0.596. The summed E-state index contributed by atoms with van der Waals surface area (Å²) in [5.74, 6) is -0.665. The van der Waals surface area contributed by atoms with Gasteiger partial charge in [-0.3, -0.25) is 4.79 Å². The SMILES string of the molecule is C=CC(=O)NC(CC)S(=O)(=O)[O-]. The molecule has 1 unspecified atom stereocenters. The van der Waals surface area contributed by atoms with Gasteiger partial charge in [-0.25, -0.2) is 8.42 Å². The first-order chi connectivity index (χ1) is 5.41. The molecule has 0 aromatic carbocycles. The number of carbonyl (C=O) groups is 1. The Hall–Kier alpha value is -0.880. The minimum Gasteiger partial charge on any atom is -0.746 e. The maximum atomic E-state index is 10.6. The lowest BCUT2D eigenvalue weighted by Crippen LogP contribution is -2.39. The number of rotatable bonds is 4. The number of carbonyl (C=O) groups excluding carboxylic acids is 1.